The lowest BCUT2D eigenvalue weighted by atomic mass is 10.2. The number of anilines is 1. The molecule has 11 heteroatoms. The maximum absolute atomic E-state index is 12.8. The zero-order valence-electron chi connectivity index (χ0n) is 15.1. The van der Waals surface area contributed by atoms with Gasteiger partial charge >= 0.3 is 11.8 Å². The highest BCUT2D eigenvalue weighted by Crippen LogP contribution is 2.24. The van der Waals surface area contributed by atoms with Crippen molar-refractivity contribution < 1.29 is 18.8 Å². The zero-order valence-corrected chi connectivity index (χ0v) is 15.9. The Bertz CT molecular complexity index is 886. The van der Waals surface area contributed by atoms with E-state index in [2.05, 4.69) is 30.8 Å². The number of carbonyl (C=O) groups excluding carboxylic acids is 3. The maximum atomic E-state index is 12.8. The molecule has 2 aromatic heterocycles. The minimum Gasteiger partial charge on any atom is -0.348 e. The summed E-state index contributed by atoms with van der Waals surface area (Å²) in [5.74, 6) is -2.61. The van der Waals surface area contributed by atoms with Crippen LogP contribution in [0.25, 0.3) is 0 Å². The van der Waals surface area contributed by atoms with Crippen molar-refractivity contribution in [2.75, 3.05) is 32.0 Å². The number of hydrogen-bond acceptors (Lipinski definition) is 7. The number of likely N-dealkylation sites (N-methyl/N-ethyl adjacent to an activating group) is 1. The normalized spacial score (nSPS) is 13.5. The van der Waals surface area contributed by atoms with Gasteiger partial charge in [-0.05, 0) is 19.2 Å². The van der Waals surface area contributed by atoms with Crippen molar-refractivity contribution in [2.24, 2.45) is 0 Å². The summed E-state index contributed by atoms with van der Waals surface area (Å²) < 4.78 is 12.8. The van der Waals surface area contributed by atoms with Crippen LogP contribution >= 0.6 is 11.3 Å². The van der Waals surface area contributed by atoms with Crippen LogP contribution in [0.5, 0.6) is 0 Å². The van der Waals surface area contributed by atoms with Gasteiger partial charge in [-0.1, -0.05) is 0 Å². The van der Waals surface area contributed by atoms with Crippen LogP contribution in [0.4, 0.5) is 10.2 Å². The Labute approximate surface area is 164 Å². The van der Waals surface area contributed by atoms with Gasteiger partial charge in [0.25, 0.3) is 5.91 Å². The first-order valence-corrected chi connectivity index (χ1v) is 9.40. The van der Waals surface area contributed by atoms with Crippen molar-refractivity contribution in [3.8, 4) is 0 Å². The van der Waals surface area contributed by atoms with E-state index in [-0.39, 0.29) is 24.8 Å². The van der Waals surface area contributed by atoms with Crippen molar-refractivity contribution in [3.63, 3.8) is 0 Å². The van der Waals surface area contributed by atoms with Crippen LogP contribution in [0, 0.1) is 5.82 Å². The molecule has 1 aliphatic heterocycles. The van der Waals surface area contributed by atoms with E-state index in [9.17, 15) is 18.8 Å². The summed E-state index contributed by atoms with van der Waals surface area (Å²) in [5.41, 5.74) is 0.965. The standard InChI is InChI=1S/C17H19FN6O3S/c1-24-7-4-11-12(9-24)28-17(22-11)16(27)20-6-5-19-14(25)15(26)23-13-3-2-10(18)8-21-13/h2-3,8H,4-7,9H2,1H3,(H,19,25)(H,20,27)(H,21,23,26). The van der Waals surface area contributed by atoms with E-state index < -0.39 is 17.6 Å². The molecule has 3 rings (SSSR count). The van der Waals surface area contributed by atoms with Crippen LogP contribution in [-0.2, 0) is 22.6 Å². The summed E-state index contributed by atoms with van der Waals surface area (Å²) in [6, 6.07) is 2.36. The number of nitrogens with one attached hydrogen (secondary N) is 3. The van der Waals surface area contributed by atoms with Crippen LogP contribution in [0.3, 0.4) is 0 Å². The highest BCUT2D eigenvalue weighted by Gasteiger charge is 2.21. The minimum absolute atomic E-state index is 0.0632. The molecule has 3 amide bonds. The van der Waals surface area contributed by atoms with Gasteiger partial charge in [0.15, 0.2) is 5.01 Å². The van der Waals surface area contributed by atoms with E-state index in [0.29, 0.717) is 5.01 Å². The van der Waals surface area contributed by atoms with Crippen molar-refractivity contribution in [2.45, 2.75) is 13.0 Å². The summed E-state index contributed by atoms with van der Waals surface area (Å²) in [6.45, 7) is 1.92. The predicted octanol–water partition coefficient (Wildman–Crippen LogP) is 0.150. The molecule has 9 nitrogen and oxygen atoms in total. The average Bonchev–Trinajstić information content (AvgIpc) is 3.10. The average molecular weight is 406 g/mol. The highest BCUT2D eigenvalue weighted by molar-refractivity contribution is 7.13. The quantitative estimate of drug-likeness (QED) is 0.481. The molecule has 148 valence electrons. The fourth-order valence-electron chi connectivity index (χ4n) is 2.55. The van der Waals surface area contributed by atoms with Crippen molar-refractivity contribution in [1.82, 2.24) is 25.5 Å². The molecule has 0 aromatic carbocycles. The Hall–Kier alpha value is -2.92. The van der Waals surface area contributed by atoms with Crippen molar-refractivity contribution in [1.29, 1.82) is 0 Å². The van der Waals surface area contributed by atoms with E-state index in [4.69, 9.17) is 0 Å². The van der Waals surface area contributed by atoms with Gasteiger partial charge in [-0.25, -0.2) is 14.4 Å². The Balaban J connectivity index is 1.40. The second-order valence-corrected chi connectivity index (χ2v) is 7.29. The molecule has 1 aliphatic rings. The fraction of sp³-hybridized carbons (Fsp3) is 0.353. The minimum atomic E-state index is -0.929. The number of carbonyl (C=O) groups is 3. The molecule has 3 N–H and O–H groups in total. The van der Waals surface area contributed by atoms with Crippen molar-refractivity contribution in [3.05, 3.63) is 39.7 Å². The Morgan fingerprint density at radius 1 is 1.21 bits per heavy atom. The van der Waals surface area contributed by atoms with Crippen LogP contribution in [0.15, 0.2) is 18.3 Å². The fourth-order valence-corrected chi connectivity index (χ4v) is 3.66. The summed E-state index contributed by atoms with van der Waals surface area (Å²) in [5, 5.41) is 7.69. The molecule has 0 atom stereocenters. The van der Waals surface area contributed by atoms with E-state index in [1.165, 1.54) is 17.4 Å². The largest absolute Gasteiger partial charge is 0.348 e. The predicted molar refractivity (Wildman–Crippen MR) is 100 cm³/mol. The number of halogens is 1. The topological polar surface area (TPSA) is 116 Å². The lowest BCUT2D eigenvalue weighted by Crippen LogP contribution is -2.40. The van der Waals surface area contributed by atoms with E-state index >= 15 is 0 Å². The second kappa shape index (κ2) is 8.85. The smallest absolute Gasteiger partial charge is 0.314 e. The highest BCUT2D eigenvalue weighted by atomic mass is 32.1. The number of hydrogen-bond donors (Lipinski definition) is 3. The first-order valence-electron chi connectivity index (χ1n) is 8.58. The zero-order chi connectivity index (χ0) is 20.1. The lowest BCUT2D eigenvalue weighted by molar-refractivity contribution is -0.136. The van der Waals surface area contributed by atoms with Gasteiger partial charge in [-0.3, -0.25) is 14.4 Å². The summed E-state index contributed by atoms with van der Waals surface area (Å²) in [7, 11) is 2.02. The second-order valence-electron chi connectivity index (χ2n) is 6.20. The Morgan fingerprint density at radius 2 is 2.00 bits per heavy atom. The Morgan fingerprint density at radius 3 is 2.75 bits per heavy atom. The van der Waals surface area contributed by atoms with Gasteiger partial charge in [0, 0.05) is 37.5 Å². The number of fused-ring (bicyclic) bond motifs is 1. The molecule has 0 saturated carbocycles. The molecule has 0 radical (unpaired) electrons. The van der Waals surface area contributed by atoms with Gasteiger partial charge in [0.05, 0.1) is 11.9 Å². The third kappa shape index (κ3) is 5.08. The molecular formula is C17H19FN6O3S. The molecular weight excluding hydrogens is 387 g/mol. The van der Waals surface area contributed by atoms with E-state index in [1.807, 2.05) is 7.05 Å². The first-order chi connectivity index (χ1) is 13.4. The van der Waals surface area contributed by atoms with Crippen LogP contribution in [0.1, 0.15) is 20.4 Å². The third-order valence-electron chi connectivity index (χ3n) is 3.99. The van der Waals surface area contributed by atoms with Crippen LogP contribution < -0.4 is 16.0 Å². The lowest BCUT2D eigenvalue weighted by Gasteiger charge is -2.20. The van der Waals surface area contributed by atoms with Gasteiger partial charge in [0.2, 0.25) is 0 Å². The molecule has 0 unspecified atom stereocenters. The third-order valence-corrected chi connectivity index (χ3v) is 5.07. The SMILES string of the molecule is CN1CCc2nc(C(=O)NCCNC(=O)C(=O)Nc3ccc(F)cn3)sc2C1. The van der Waals surface area contributed by atoms with Gasteiger partial charge < -0.3 is 20.9 Å². The number of aromatic nitrogens is 2. The van der Waals surface area contributed by atoms with Crippen molar-refractivity contribution >= 4 is 34.9 Å². The number of pyridine rings is 1. The summed E-state index contributed by atoms with van der Waals surface area (Å²) in [4.78, 5) is 46.9. The molecule has 0 bridgehead atoms. The monoisotopic (exact) mass is 406 g/mol. The first kappa shape index (κ1) is 19.8. The van der Waals surface area contributed by atoms with Gasteiger partial charge in [0.1, 0.15) is 11.6 Å². The molecule has 0 fully saturated rings. The van der Waals surface area contributed by atoms with Crippen LogP contribution in [-0.4, -0.2) is 59.3 Å². The number of rotatable bonds is 5. The summed E-state index contributed by atoms with van der Waals surface area (Å²) in [6.07, 6.45) is 1.75. The number of thiazole rings is 1. The molecule has 0 aliphatic carbocycles. The van der Waals surface area contributed by atoms with Crippen LogP contribution in [0.2, 0.25) is 0 Å². The molecule has 2 aromatic rings. The molecule has 28 heavy (non-hydrogen) atoms. The number of amides is 3. The summed E-state index contributed by atoms with van der Waals surface area (Å²) >= 11 is 1.37. The molecule has 3 heterocycles. The van der Waals surface area contributed by atoms with E-state index in [0.717, 1.165) is 42.3 Å². The van der Waals surface area contributed by atoms with Gasteiger partial charge in [-0.2, -0.15) is 0 Å². The van der Waals surface area contributed by atoms with E-state index in [1.54, 1.807) is 0 Å². The molecule has 0 saturated heterocycles. The Kier molecular flexibility index (Phi) is 6.26. The number of nitrogens with zero attached hydrogens (tertiary/aromatic N) is 3. The molecule has 0 spiro atoms. The van der Waals surface area contributed by atoms with Gasteiger partial charge in [-0.15, -0.1) is 11.3 Å². The maximum Gasteiger partial charge on any atom is 0.314 e.